The Morgan fingerprint density at radius 2 is 2.00 bits per heavy atom. The number of benzene rings is 2. The molecule has 0 unspecified atom stereocenters. The number of hydrogen-bond acceptors (Lipinski definition) is 4. The molecule has 0 radical (unpaired) electrons. The van der Waals surface area contributed by atoms with Crippen LogP contribution in [0.15, 0.2) is 48.5 Å². The van der Waals surface area contributed by atoms with Crippen LogP contribution in [0.5, 0.6) is 0 Å². The first-order valence-corrected chi connectivity index (χ1v) is 8.63. The zero-order chi connectivity index (χ0) is 19.2. The van der Waals surface area contributed by atoms with Crippen molar-refractivity contribution < 1.29 is 14.3 Å². The molecule has 0 spiro atoms. The van der Waals surface area contributed by atoms with Gasteiger partial charge in [-0.2, -0.15) is 0 Å². The van der Waals surface area contributed by atoms with Gasteiger partial charge in [0.25, 0.3) is 5.91 Å². The lowest BCUT2D eigenvalue weighted by molar-refractivity contribution is 0.0958. The smallest absolute Gasteiger partial charge is 0.414 e. The van der Waals surface area contributed by atoms with Crippen LogP contribution in [-0.4, -0.2) is 45.8 Å². The Balaban J connectivity index is 1.55. The molecule has 0 saturated carbocycles. The van der Waals surface area contributed by atoms with Gasteiger partial charge in [0, 0.05) is 36.6 Å². The highest BCUT2D eigenvalue weighted by Gasteiger charge is 2.23. The second-order valence-electron chi connectivity index (χ2n) is 6.24. The number of nitrogens with one attached hydrogen (secondary N) is 1. The lowest BCUT2D eigenvalue weighted by Crippen LogP contribution is -2.24. The number of rotatable bonds is 4. The molecule has 1 aliphatic heterocycles. The Kier molecular flexibility index (Phi) is 5.62. The van der Waals surface area contributed by atoms with E-state index in [9.17, 15) is 9.59 Å². The van der Waals surface area contributed by atoms with E-state index in [-0.39, 0.29) is 18.5 Å². The molecule has 138 valence electrons. The van der Waals surface area contributed by atoms with Crippen LogP contribution in [0, 0.1) is 11.8 Å². The van der Waals surface area contributed by atoms with Crippen LogP contribution >= 0.6 is 0 Å². The highest BCUT2D eigenvalue weighted by atomic mass is 16.6. The molecule has 0 bridgehead atoms. The third kappa shape index (κ3) is 4.59. The van der Waals surface area contributed by atoms with Crippen molar-refractivity contribution in [2.24, 2.45) is 0 Å². The van der Waals surface area contributed by atoms with E-state index in [0.717, 1.165) is 16.9 Å². The molecule has 1 N–H and O–H groups in total. The van der Waals surface area contributed by atoms with Crippen molar-refractivity contribution in [1.29, 1.82) is 0 Å². The van der Waals surface area contributed by atoms with Gasteiger partial charge in [-0.3, -0.25) is 9.69 Å². The first-order valence-electron chi connectivity index (χ1n) is 8.63. The summed E-state index contributed by atoms with van der Waals surface area (Å²) in [7, 11) is 3.86. The quantitative estimate of drug-likeness (QED) is 0.848. The van der Waals surface area contributed by atoms with E-state index in [2.05, 4.69) is 17.2 Å². The summed E-state index contributed by atoms with van der Waals surface area (Å²) in [6.07, 6.45) is -0.324. The van der Waals surface area contributed by atoms with E-state index >= 15 is 0 Å². The summed E-state index contributed by atoms with van der Waals surface area (Å²) in [6.45, 7) is 1.23. The fourth-order valence-electron chi connectivity index (χ4n) is 2.65. The topological polar surface area (TPSA) is 61.9 Å². The van der Waals surface area contributed by atoms with Gasteiger partial charge >= 0.3 is 6.09 Å². The summed E-state index contributed by atoms with van der Waals surface area (Å²) in [4.78, 5) is 27.3. The number of hydrogen-bond donors (Lipinski definition) is 1. The molecule has 3 rings (SSSR count). The van der Waals surface area contributed by atoms with Crippen molar-refractivity contribution in [2.45, 2.75) is 0 Å². The molecule has 6 heteroatoms. The van der Waals surface area contributed by atoms with Gasteiger partial charge in [0.05, 0.1) is 13.1 Å². The fraction of sp³-hybridized carbons (Fsp3) is 0.238. The van der Waals surface area contributed by atoms with Crippen LogP contribution in [0.4, 0.5) is 16.2 Å². The minimum atomic E-state index is -0.324. The van der Waals surface area contributed by atoms with Gasteiger partial charge in [-0.15, -0.1) is 0 Å². The molecule has 0 atom stereocenters. The van der Waals surface area contributed by atoms with Gasteiger partial charge in [0.15, 0.2) is 0 Å². The van der Waals surface area contributed by atoms with E-state index < -0.39 is 0 Å². The van der Waals surface area contributed by atoms with Gasteiger partial charge < -0.3 is 15.0 Å². The molecule has 1 aliphatic rings. The van der Waals surface area contributed by atoms with Crippen molar-refractivity contribution in [2.75, 3.05) is 43.6 Å². The number of cyclic esters (lactones) is 1. The lowest BCUT2D eigenvalue weighted by atomic mass is 10.2. The predicted molar refractivity (Wildman–Crippen MR) is 105 cm³/mol. The molecule has 2 aromatic rings. The van der Waals surface area contributed by atoms with Crippen molar-refractivity contribution in [1.82, 2.24) is 5.32 Å². The summed E-state index contributed by atoms with van der Waals surface area (Å²) in [5.41, 5.74) is 3.17. The summed E-state index contributed by atoms with van der Waals surface area (Å²) in [5, 5.41) is 2.80. The first-order chi connectivity index (χ1) is 13.0. The molecule has 2 amide bonds. The molecular formula is C21H21N3O3. The number of ether oxygens (including phenoxy) is 1. The number of carbonyl (C=O) groups excluding carboxylic acids is 2. The van der Waals surface area contributed by atoms with Gasteiger partial charge in [-0.05, 0) is 42.5 Å². The zero-order valence-corrected chi connectivity index (χ0v) is 15.4. The molecule has 1 heterocycles. The van der Waals surface area contributed by atoms with Crippen molar-refractivity contribution in [3.8, 4) is 11.8 Å². The highest BCUT2D eigenvalue weighted by molar-refractivity contribution is 5.95. The molecule has 2 aromatic carbocycles. The standard InChI is InChI=1S/C21H21N3O3/c1-23(2)19-7-3-6-17(15-19)20(25)22-12-4-5-16-8-10-18(11-9-16)24-13-14-27-21(24)26/h3,6-11,15H,12-14H2,1-2H3,(H,22,25). The van der Waals surface area contributed by atoms with E-state index in [1.807, 2.05) is 61.5 Å². The fourth-order valence-corrected chi connectivity index (χ4v) is 2.65. The molecule has 0 aliphatic carbocycles. The van der Waals surface area contributed by atoms with Crippen LogP contribution in [0.1, 0.15) is 15.9 Å². The Labute approximate surface area is 158 Å². The van der Waals surface area contributed by atoms with Crippen molar-refractivity contribution in [3.05, 3.63) is 59.7 Å². The largest absolute Gasteiger partial charge is 0.447 e. The maximum Gasteiger partial charge on any atom is 0.414 e. The van der Waals surface area contributed by atoms with E-state index in [0.29, 0.717) is 18.7 Å². The summed E-state index contributed by atoms with van der Waals surface area (Å²) in [5.74, 6) is 5.79. The number of anilines is 2. The summed E-state index contributed by atoms with van der Waals surface area (Å²) >= 11 is 0. The van der Waals surface area contributed by atoms with Crippen molar-refractivity contribution in [3.63, 3.8) is 0 Å². The third-order valence-electron chi connectivity index (χ3n) is 4.13. The van der Waals surface area contributed by atoms with Crippen LogP contribution < -0.4 is 15.1 Å². The van der Waals surface area contributed by atoms with Gasteiger partial charge in [0.1, 0.15) is 6.61 Å². The average molecular weight is 363 g/mol. The second-order valence-corrected chi connectivity index (χ2v) is 6.24. The minimum Gasteiger partial charge on any atom is -0.447 e. The highest BCUT2D eigenvalue weighted by Crippen LogP contribution is 2.18. The van der Waals surface area contributed by atoms with Crippen LogP contribution in [0.3, 0.4) is 0 Å². The monoisotopic (exact) mass is 363 g/mol. The average Bonchev–Trinajstić information content (AvgIpc) is 3.11. The van der Waals surface area contributed by atoms with Gasteiger partial charge in [-0.1, -0.05) is 17.9 Å². The molecule has 27 heavy (non-hydrogen) atoms. The molecule has 6 nitrogen and oxygen atoms in total. The van der Waals surface area contributed by atoms with Crippen molar-refractivity contribution >= 4 is 23.4 Å². The van der Waals surface area contributed by atoms with Gasteiger partial charge in [-0.25, -0.2) is 4.79 Å². The van der Waals surface area contributed by atoms with Crippen LogP contribution in [-0.2, 0) is 4.74 Å². The SMILES string of the molecule is CN(C)c1cccc(C(=O)NCC#Cc2ccc(N3CCOC3=O)cc2)c1. The lowest BCUT2D eigenvalue weighted by Gasteiger charge is -2.13. The molecule has 1 saturated heterocycles. The summed E-state index contributed by atoms with van der Waals surface area (Å²) < 4.78 is 4.92. The Bertz CT molecular complexity index is 895. The van der Waals surface area contributed by atoms with Crippen LogP contribution in [0.25, 0.3) is 0 Å². The number of nitrogens with zero attached hydrogens (tertiary/aromatic N) is 2. The van der Waals surface area contributed by atoms with Gasteiger partial charge in [0.2, 0.25) is 0 Å². The Hall–Kier alpha value is -3.46. The van der Waals surface area contributed by atoms with Crippen LogP contribution in [0.2, 0.25) is 0 Å². The molecule has 1 fully saturated rings. The van der Waals surface area contributed by atoms with E-state index in [4.69, 9.17) is 4.74 Å². The molecular weight excluding hydrogens is 342 g/mol. The predicted octanol–water partition coefficient (Wildman–Crippen LogP) is 2.49. The number of carbonyl (C=O) groups is 2. The maximum absolute atomic E-state index is 12.2. The van der Waals surface area contributed by atoms with E-state index in [1.165, 1.54) is 0 Å². The Morgan fingerprint density at radius 3 is 2.67 bits per heavy atom. The second kappa shape index (κ2) is 8.28. The molecule has 0 aromatic heterocycles. The first kappa shape index (κ1) is 18.3. The minimum absolute atomic E-state index is 0.157. The van der Waals surface area contributed by atoms with E-state index in [1.54, 1.807) is 11.0 Å². The number of amides is 2. The summed E-state index contributed by atoms with van der Waals surface area (Å²) in [6, 6.07) is 14.8. The zero-order valence-electron chi connectivity index (χ0n) is 15.4. The Morgan fingerprint density at radius 1 is 1.22 bits per heavy atom. The maximum atomic E-state index is 12.2. The third-order valence-corrected chi connectivity index (χ3v) is 4.13. The normalized spacial score (nSPS) is 12.8.